The number of nitrogens with zero attached hydrogens (tertiary/aromatic N) is 1. The zero-order chi connectivity index (χ0) is 21.4. The highest BCUT2D eigenvalue weighted by Crippen LogP contribution is 2.54. The Morgan fingerprint density at radius 1 is 1.14 bits per heavy atom. The van der Waals surface area contributed by atoms with Gasteiger partial charge in [-0.2, -0.15) is 0 Å². The molecule has 2 saturated heterocycles. The van der Waals surface area contributed by atoms with Crippen molar-refractivity contribution in [3.8, 4) is 0 Å². The van der Waals surface area contributed by atoms with Crippen molar-refractivity contribution in [2.75, 3.05) is 19.8 Å². The summed E-state index contributed by atoms with van der Waals surface area (Å²) in [5, 5.41) is 1.92. The first-order valence-electron chi connectivity index (χ1n) is 10.4. The van der Waals surface area contributed by atoms with E-state index < -0.39 is 11.3 Å². The van der Waals surface area contributed by atoms with E-state index in [1.807, 2.05) is 12.0 Å². The molecule has 0 saturated carbocycles. The highest BCUT2D eigenvalue weighted by atomic mass is 16.7. The molecule has 0 bridgehead atoms. The molecule has 0 radical (unpaired) electrons. The fourth-order valence-electron chi connectivity index (χ4n) is 4.49. The van der Waals surface area contributed by atoms with E-state index in [2.05, 4.69) is 48.1 Å². The van der Waals surface area contributed by atoms with Crippen molar-refractivity contribution in [1.29, 1.82) is 0 Å². The van der Waals surface area contributed by atoms with Crippen LogP contribution in [0.4, 0.5) is 0 Å². The summed E-state index contributed by atoms with van der Waals surface area (Å²) in [5.41, 5.74) is -1.01. The summed E-state index contributed by atoms with van der Waals surface area (Å²) in [6, 6.07) is 0. The van der Waals surface area contributed by atoms with Gasteiger partial charge in [-0.25, -0.2) is 0 Å². The summed E-state index contributed by atoms with van der Waals surface area (Å²) in [4.78, 5) is 17.6. The molecule has 162 valence electrons. The van der Waals surface area contributed by atoms with Gasteiger partial charge in [0, 0.05) is 24.7 Å². The Morgan fingerprint density at radius 3 is 2.14 bits per heavy atom. The zero-order valence-corrected chi connectivity index (χ0v) is 19.0. The first kappa shape index (κ1) is 23.2. The number of hydrogen-bond donors (Lipinski definition) is 0. The second kappa shape index (κ2) is 7.96. The molecule has 2 heterocycles. The van der Waals surface area contributed by atoms with Gasteiger partial charge in [-0.05, 0) is 33.6 Å². The molecule has 0 N–H and O–H groups in total. The predicted octanol–water partition coefficient (Wildman–Crippen LogP) is 4.44. The molecular weight excluding hydrogens is 358 g/mol. The van der Waals surface area contributed by atoms with E-state index in [0.29, 0.717) is 32.0 Å². The molecule has 2 aliphatic heterocycles. The molecule has 3 atom stereocenters. The summed E-state index contributed by atoms with van der Waals surface area (Å²) >= 11 is 0. The molecule has 2 rings (SSSR count). The molecule has 6 nitrogen and oxygen atoms in total. The minimum absolute atomic E-state index is 0.00980. The smallest absolute Gasteiger partial charge is 0.322 e. The van der Waals surface area contributed by atoms with Gasteiger partial charge >= 0.3 is 5.97 Å². The Hall–Kier alpha value is -1.11. The van der Waals surface area contributed by atoms with Gasteiger partial charge in [0.1, 0.15) is 0 Å². The van der Waals surface area contributed by atoms with Gasteiger partial charge in [0.05, 0.1) is 36.7 Å². The van der Waals surface area contributed by atoms with Crippen LogP contribution in [-0.4, -0.2) is 47.7 Å². The lowest BCUT2D eigenvalue weighted by Gasteiger charge is -2.63. The Labute approximate surface area is 170 Å². The lowest BCUT2D eigenvalue weighted by atomic mass is 9.67. The number of carbonyl (C=O) groups excluding carboxylic acids is 1. The molecule has 2 fully saturated rings. The molecule has 0 aliphatic carbocycles. The van der Waals surface area contributed by atoms with Gasteiger partial charge in [0.15, 0.2) is 5.79 Å². The standard InChI is InChI=1S/C22H39NO5/c1-10-20(8)12-22(17(5)21(9,11-2)23(20)28-18(6)24)26-14-19(7,15-27-22)13-25-16(3)4/h17H,3,10-15H2,1-2,4-9H3. The van der Waals surface area contributed by atoms with Gasteiger partial charge in [0.2, 0.25) is 0 Å². The average Bonchev–Trinajstić information content (AvgIpc) is 2.64. The maximum Gasteiger partial charge on any atom is 0.322 e. The third kappa shape index (κ3) is 4.10. The van der Waals surface area contributed by atoms with Crippen LogP contribution in [0.1, 0.15) is 74.7 Å². The van der Waals surface area contributed by atoms with Crippen LogP contribution in [0, 0.1) is 11.3 Å². The maximum absolute atomic E-state index is 11.9. The van der Waals surface area contributed by atoms with Crippen LogP contribution in [0.2, 0.25) is 0 Å². The van der Waals surface area contributed by atoms with E-state index in [1.165, 1.54) is 6.92 Å². The van der Waals surface area contributed by atoms with Gasteiger partial charge in [-0.1, -0.05) is 34.3 Å². The number of carbonyl (C=O) groups is 1. The summed E-state index contributed by atoms with van der Waals surface area (Å²) in [6.45, 7) is 21.5. The molecule has 1 spiro atoms. The van der Waals surface area contributed by atoms with Crippen molar-refractivity contribution >= 4 is 5.97 Å². The van der Waals surface area contributed by atoms with Crippen LogP contribution in [0.25, 0.3) is 0 Å². The van der Waals surface area contributed by atoms with E-state index in [1.54, 1.807) is 0 Å². The van der Waals surface area contributed by atoms with Crippen molar-refractivity contribution < 1.29 is 23.8 Å². The first-order valence-corrected chi connectivity index (χ1v) is 10.4. The SMILES string of the molecule is C=C(C)OCC1(C)COC2(CC(C)(CC)N(OC(C)=O)C(C)(CC)C2C)OC1. The van der Waals surface area contributed by atoms with E-state index >= 15 is 0 Å². The fourth-order valence-corrected chi connectivity index (χ4v) is 4.49. The Balaban J connectivity index is 2.32. The summed E-state index contributed by atoms with van der Waals surface area (Å²) in [7, 11) is 0. The highest BCUT2D eigenvalue weighted by Gasteiger charge is 2.64. The third-order valence-electron chi connectivity index (χ3n) is 6.87. The molecule has 0 aromatic carbocycles. The van der Waals surface area contributed by atoms with Crippen LogP contribution in [0.5, 0.6) is 0 Å². The second-order valence-electron chi connectivity index (χ2n) is 9.53. The molecule has 6 heteroatoms. The van der Waals surface area contributed by atoms with E-state index in [9.17, 15) is 4.79 Å². The minimum atomic E-state index is -0.713. The molecule has 0 aromatic heterocycles. The largest absolute Gasteiger partial charge is 0.498 e. The molecule has 2 aliphatic rings. The van der Waals surface area contributed by atoms with Gasteiger partial charge in [-0.15, -0.1) is 5.06 Å². The van der Waals surface area contributed by atoms with Crippen LogP contribution in [-0.2, 0) is 23.8 Å². The van der Waals surface area contributed by atoms with Gasteiger partial charge in [-0.3, -0.25) is 4.79 Å². The highest BCUT2D eigenvalue weighted by molar-refractivity contribution is 5.65. The quantitative estimate of drug-likeness (QED) is 0.618. The fraction of sp³-hybridized carbons (Fsp3) is 0.864. The van der Waals surface area contributed by atoms with E-state index in [-0.39, 0.29) is 22.8 Å². The van der Waals surface area contributed by atoms with Crippen LogP contribution in [0.3, 0.4) is 0 Å². The van der Waals surface area contributed by atoms with Crippen molar-refractivity contribution in [1.82, 2.24) is 5.06 Å². The third-order valence-corrected chi connectivity index (χ3v) is 6.87. The topological polar surface area (TPSA) is 57.2 Å². The van der Waals surface area contributed by atoms with Crippen LogP contribution in [0.15, 0.2) is 12.3 Å². The normalized spacial score (nSPS) is 41.6. The Bertz CT molecular complexity index is 598. The molecule has 0 aromatic rings. The summed E-state index contributed by atoms with van der Waals surface area (Å²) in [6.07, 6.45) is 2.26. The number of rotatable bonds is 6. The minimum Gasteiger partial charge on any atom is -0.498 e. The van der Waals surface area contributed by atoms with Crippen molar-refractivity contribution in [2.45, 2.75) is 91.5 Å². The van der Waals surface area contributed by atoms with Crippen molar-refractivity contribution in [3.63, 3.8) is 0 Å². The van der Waals surface area contributed by atoms with Crippen LogP contribution < -0.4 is 0 Å². The lowest BCUT2D eigenvalue weighted by Crippen LogP contribution is -2.74. The summed E-state index contributed by atoms with van der Waals surface area (Å²) < 4.78 is 18.7. The van der Waals surface area contributed by atoms with Crippen molar-refractivity contribution in [2.24, 2.45) is 11.3 Å². The zero-order valence-electron chi connectivity index (χ0n) is 19.0. The van der Waals surface area contributed by atoms with Crippen molar-refractivity contribution in [3.05, 3.63) is 12.3 Å². The number of piperidine rings is 1. The Morgan fingerprint density at radius 2 is 1.71 bits per heavy atom. The molecule has 0 amide bonds. The van der Waals surface area contributed by atoms with Gasteiger partial charge in [0.25, 0.3) is 0 Å². The van der Waals surface area contributed by atoms with Crippen LogP contribution >= 0.6 is 0 Å². The number of ether oxygens (including phenoxy) is 3. The van der Waals surface area contributed by atoms with Gasteiger partial charge < -0.3 is 19.0 Å². The second-order valence-corrected chi connectivity index (χ2v) is 9.53. The number of hydrogen-bond acceptors (Lipinski definition) is 6. The average molecular weight is 398 g/mol. The molecule has 3 unspecified atom stereocenters. The Kier molecular flexibility index (Phi) is 6.59. The monoisotopic (exact) mass is 397 g/mol. The van der Waals surface area contributed by atoms with E-state index in [4.69, 9.17) is 19.0 Å². The first-order chi connectivity index (χ1) is 12.9. The molecule has 28 heavy (non-hydrogen) atoms. The lowest BCUT2D eigenvalue weighted by molar-refractivity contribution is -0.401. The number of allylic oxidation sites excluding steroid dienone is 1. The predicted molar refractivity (Wildman–Crippen MR) is 108 cm³/mol. The maximum atomic E-state index is 11.9. The number of hydroxylamine groups is 2. The molecular formula is C22H39NO5. The summed E-state index contributed by atoms with van der Waals surface area (Å²) in [5.74, 6) is -0.302. The van der Waals surface area contributed by atoms with E-state index in [0.717, 1.165) is 12.8 Å².